The molecular formula is C23H21F3N4O3S. The molecule has 1 saturated carbocycles. The number of aryl methyl sites for hydroxylation is 1. The summed E-state index contributed by atoms with van der Waals surface area (Å²) < 4.78 is 40.5. The minimum Gasteiger partial charge on any atom is -0.481 e. The van der Waals surface area contributed by atoms with Crippen molar-refractivity contribution in [2.24, 2.45) is 0 Å². The fourth-order valence-corrected chi connectivity index (χ4v) is 5.04. The van der Waals surface area contributed by atoms with Crippen molar-refractivity contribution in [1.82, 2.24) is 4.98 Å². The Bertz CT molecular complexity index is 1160. The van der Waals surface area contributed by atoms with Crippen molar-refractivity contribution in [3.8, 4) is 6.07 Å². The molecule has 0 bridgehead atoms. The standard InChI is InChI=1S/C23H21F3N4O3S/c24-23(25,26)17-11-16(13-28-18(17)12-27)29-20(33)22(9-2-10-22)30(21(29)34)15-7-5-14(6-8-15)3-1-4-19(31)32/h5-8,11,13,20,33H,1-4,9-10H2,(H,31,32). The van der Waals surface area contributed by atoms with Crippen molar-refractivity contribution in [3.63, 3.8) is 0 Å². The number of halogens is 3. The molecule has 1 aromatic heterocycles. The topological polar surface area (TPSA) is 101 Å². The highest BCUT2D eigenvalue weighted by atomic mass is 32.1. The van der Waals surface area contributed by atoms with Gasteiger partial charge in [-0.3, -0.25) is 9.69 Å². The number of alkyl halides is 3. The van der Waals surface area contributed by atoms with Crippen molar-refractivity contribution in [2.75, 3.05) is 9.80 Å². The van der Waals surface area contributed by atoms with Crippen LogP contribution in [0.15, 0.2) is 36.5 Å². The summed E-state index contributed by atoms with van der Waals surface area (Å²) in [6.45, 7) is 0. The average molecular weight is 491 g/mol. The van der Waals surface area contributed by atoms with Crippen LogP contribution in [0.5, 0.6) is 0 Å². The number of hydrogen-bond acceptors (Lipinski definition) is 5. The summed E-state index contributed by atoms with van der Waals surface area (Å²) in [5.74, 6) is -0.856. The number of hydrogen-bond donors (Lipinski definition) is 2. The Labute approximate surface area is 199 Å². The lowest BCUT2D eigenvalue weighted by Crippen LogP contribution is -2.57. The van der Waals surface area contributed by atoms with Gasteiger partial charge in [0.05, 0.1) is 23.0 Å². The first-order valence-corrected chi connectivity index (χ1v) is 11.1. The fraction of sp³-hybridized carbons (Fsp3) is 0.391. The highest BCUT2D eigenvalue weighted by Crippen LogP contribution is 2.50. The number of aliphatic hydroxyl groups excluding tert-OH is 1. The van der Waals surface area contributed by atoms with Crippen LogP contribution in [-0.4, -0.2) is 38.0 Å². The van der Waals surface area contributed by atoms with Crippen molar-refractivity contribution in [1.29, 1.82) is 5.26 Å². The van der Waals surface area contributed by atoms with E-state index in [9.17, 15) is 23.1 Å². The number of aliphatic carboxylic acids is 1. The summed E-state index contributed by atoms with van der Waals surface area (Å²) in [7, 11) is 0. The molecule has 4 rings (SSSR count). The zero-order valence-corrected chi connectivity index (χ0v) is 18.7. The quantitative estimate of drug-likeness (QED) is 0.581. The Morgan fingerprint density at radius 2 is 1.94 bits per heavy atom. The van der Waals surface area contributed by atoms with Gasteiger partial charge in [-0.2, -0.15) is 18.4 Å². The van der Waals surface area contributed by atoms with Gasteiger partial charge in [0.2, 0.25) is 0 Å². The monoisotopic (exact) mass is 490 g/mol. The van der Waals surface area contributed by atoms with E-state index in [-0.39, 0.29) is 17.2 Å². The first-order chi connectivity index (χ1) is 16.1. The normalized spacial score (nSPS) is 19.3. The van der Waals surface area contributed by atoms with E-state index in [1.54, 1.807) is 4.90 Å². The van der Waals surface area contributed by atoms with Crippen LogP contribution in [0.1, 0.15) is 48.9 Å². The third kappa shape index (κ3) is 4.08. The number of benzene rings is 1. The van der Waals surface area contributed by atoms with Crippen LogP contribution >= 0.6 is 12.2 Å². The van der Waals surface area contributed by atoms with Gasteiger partial charge >= 0.3 is 12.1 Å². The predicted molar refractivity (Wildman–Crippen MR) is 121 cm³/mol. The summed E-state index contributed by atoms with van der Waals surface area (Å²) in [4.78, 5) is 17.4. The van der Waals surface area contributed by atoms with Crippen molar-refractivity contribution < 1.29 is 28.2 Å². The van der Waals surface area contributed by atoms with Crippen LogP contribution in [0.2, 0.25) is 0 Å². The maximum atomic E-state index is 13.5. The number of aliphatic hydroxyl groups is 1. The van der Waals surface area contributed by atoms with E-state index in [0.717, 1.165) is 24.2 Å². The third-order valence-electron chi connectivity index (χ3n) is 6.40. The van der Waals surface area contributed by atoms with E-state index in [1.807, 2.05) is 24.3 Å². The van der Waals surface area contributed by atoms with Gasteiger partial charge < -0.3 is 15.1 Å². The third-order valence-corrected chi connectivity index (χ3v) is 6.78. The lowest BCUT2D eigenvalue weighted by atomic mass is 9.74. The fourth-order valence-electron chi connectivity index (χ4n) is 4.54. The molecule has 1 aliphatic heterocycles. The predicted octanol–water partition coefficient (Wildman–Crippen LogP) is 4.23. The molecular weight excluding hydrogens is 469 g/mol. The molecule has 7 nitrogen and oxygen atoms in total. The van der Waals surface area contributed by atoms with Gasteiger partial charge in [-0.15, -0.1) is 0 Å². The summed E-state index contributed by atoms with van der Waals surface area (Å²) in [5.41, 5.74) is -1.12. The van der Waals surface area contributed by atoms with Crippen LogP contribution < -0.4 is 9.80 Å². The molecule has 2 N–H and O–H groups in total. The molecule has 1 saturated heterocycles. The van der Waals surface area contributed by atoms with Crippen LogP contribution in [0, 0.1) is 11.3 Å². The first kappa shape index (κ1) is 23.9. The highest BCUT2D eigenvalue weighted by Gasteiger charge is 2.59. The van der Waals surface area contributed by atoms with Gasteiger partial charge in [-0.25, -0.2) is 4.98 Å². The molecule has 0 amide bonds. The Morgan fingerprint density at radius 3 is 2.47 bits per heavy atom. The number of nitriles is 1. The summed E-state index contributed by atoms with van der Waals surface area (Å²) in [5, 5.41) is 29.2. The Morgan fingerprint density at radius 1 is 1.26 bits per heavy atom. The van der Waals surface area contributed by atoms with Crippen molar-refractivity contribution in [3.05, 3.63) is 53.3 Å². The Balaban J connectivity index is 1.66. The number of nitrogens with zero attached hydrogens (tertiary/aromatic N) is 4. The van der Waals surface area contributed by atoms with Crippen molar-refractivity contribution >= 4 is 34.7 Å². The number of anilines is 2. The van der Waals surface area contributed by atoms with E-state index in [2.05, 4.69) is 4.98 Å². The molecule has 2 aromatic rings. The second-order valence-corrected chi connectivity index (χ2v) is 8.80. The number of pyridine rings is 1. The molecule has 178 valence electrons. The maximum absolute atomic E-state index is 13.5. The van der Waals surface area contributed by atoms with Crippen LogP contribution in [-0.2, 0) is 17.4 Å². The molecule has 1 spiro atoms. The molecule has 2 fully saturated rings. The van der Waals surface area contributed by atoms with Gasteiger partial charge in [0.15, 0.2) is 17.0 Å². The van der Waals surface area contributed by atoms with E-state index < -0.39 is 35.2 Å². The summed E-state index contributed by atoms with van der Waals surface area (Å²) in [6.07, 6.45) is -1.68. The largest absolute Gasteiger partial charge is 0.481 e. The van der Waals surface area contributed by atoms with E-state index in [4.69, 9.17) is 22.6 Å². The average Bonchev–Trinajstić information content (AvgIpc) is 3.00. The van der Waals surface area contributed by atoms with Gasteiger partial charge in [0.1, 0.15) is 6.07 Å². The summed E-state index contributed by atoms with van der Waals surface area (Å²) in [6, 6.07) is 9.59. The van der Waals surface area contributed by atoms with E-state index >= 15 is 0 Å². The molecule has 34 heavy (non-hydrogen) atoms. The minimum absolute atomic E-state index is 0.0390. The molecule has 11 heteroatoms. The van der Waals surface area contributed by atoms with E-state index in [1.165, 1.54) is 11.0 Å². The van der Waals surface area contributed by atoms with Crippen LogP contribution in [0.4, 0.5) is 24.5 Å². The maximum Gasteiger partial charge on any atom is 0.419 e. The van der Waals surface area contributed by atoms with E-state index in [0.29, 0.717) is 31.4 Å². The zero-order chi connectivity index (χ0) is 24.7. The number of carboxylic acids is 1. The molecule has 1 unspecified atom stereocenters. The van der Waals surface area contributed by atoms with Gasteiger partial charge in [0.25, 0.3) is 0 Å². The lowest BCUT2D eigenvalue weighted by Gasteiger charge is -2.46. The molecule has 2 aliphatic rings. The SMILES string of the molecule is N#Cc1ncc(N2C(=S)N(c3ccc(CCCC(=O)O)cc3)C3(CCC3)C2O)cc1C(F)(F)F. The molecule has 2 heterocycles. The first-order valence-electron chi connectivity index (χ1n) is 10.7. The lowest BCUT2D eigenvalue weighted by molar-refractivity contribution is -0.138. The van der Waals surface area contributed by atoms with Gasteiger partial charge in [0, 0.05) is 12.1 Å². The van der Waals surface area contributed by atoms with Crippen LogP contribution in [0.3, 0.4) is 0 Å². The number of carboxylic acid groups (broad SMARTS) is 1. The minimum atomic E-state index is -4.79. The number of aromatic nitrogens is 1. The Hall–Kier alpha value is -3.23. The molecule has 1 atom stereocenters. The Kier molecular flexibility index (Phi) is 6.22. The van der Waals surface area contributed by atoms with Crippen LogP contribution in [0.25, 0.3) is 0 Å². The molecule has 1 aliphatic carbocycles. The van der Waals surface area contributed by atoms with Gasteiger partial charge in [-0.1, -0.05) is 12.1 Å². The second-order valence-electron chi connectivity index (χ2n) is 8.43. The number of rotatable bonds is 6. The number of thiocarbonyl (C=S) groups is 1. The molecule has 0 radical (unpaired) electrons. The molecule has 1 aromatic carbocycles. The second kappa shape index (κ2) is 8.85. The zero-order valence-electron chi connectivity index (χ0n) is 17.9. The highest BCUT2D eigenvalue weighted by molar-refractivity contribution is 7.80. The smallest absolute Gasteiger partial charge is 0.419 e. The summed E-state index contributed by atoms with van der Waals surface area (Å²) >= 11 is 5.63. The number of carbonyl (C=O) groups is 1. The van der Waals surface area contributed by atoms with Crippen molar-refractivity contribution in [2.45, 2.75) is 56.5 Å². The van der Waals surface area contributed by atoms with Gasteiger partial charge in [-0.05, 0) is 68.1 Å².